The normalized spacial score (nSPS) is 30.7. The molecule has 0 saturated carbocycles. The Morgan fingerprint density at radius 1 is 1.30 bits per heavy atom. The van der Waals surface area contributed by atoms with Gasteiger partial charge in [-0.05, 0) is 64.7 Å². The summed E-state index contributed by atoms with van der Waals surface area (Å²) in [5, 5.41) is 29.9. The summed E-state index contributed by atoms with van der Waals surface area (Å²) in [4.78, 5) is 12.3. The molecule has 5 nitrogen and oxygen atoms in total. The zero-order valence-corrected chi connectivity index (χ0v) is 19.8. The molecule has 3 N–H and O–H groups in total. The molecule has 0 aromatic carbocycles. The van der Waals surface area contributed by atoms with Crippen molar-refractivity contribution in [3.63, 3.8) is 0 Å². The number of aliphatic hydroxyl groups is 3. The summed E-state index contributed by atoms with van der Waals surface area (Å²) in [5.74, 6) is 0.106. The molecule has 0 amide bonds. The molecular weight excluding hydrogens is 380 g/mol. The lowest BCUT2D eigenvalue weighted by molar-refractivity contribution is -0.151. The van der Waals surface area contributed by atoms with Crippen LogP contribution in [-0.4, -0.2) is 45.7 Å². The van der Waals surface area contributed by atoms with Gasteiger partial charge in [0.25, 0.3) is 0 Å². The summed E-state index contributed by atoms with van der Waals surface area (Å²) >= 11 is 0. The van der Waals surface area contributed by atoms with Gasteiger partial charge < -0.3 is 20.1 Å². The molecule has 0 spiro atoms. The molecule has 174 valence electrons. The van der Waals surface area contributed by atoms with Gasteiger partial charge in [0.2, 0.25) is 0 Å². The molecule has 30 heavy (non-hydrogen) atoms. The second-order valence-corrected chi connectivity index (χ2v) is 9.66. The van der Waals surface area contributed by atoms with Gasteiger partial charge in [0.15, 0.2) is 0 Å². The standard InChI is InChI=1S/C25H44O5/c1-16-10-11-24(30-25(29)9-7-8-22(27)18(3)12-16)20(5)14-17(2)13-19(4)23(28)15-21(6)26/h10,13,18-24,26-28H,7-9,11-12,14-15H2,1-6H3/b16-10-,17-13+/t18-,19+,20+,21+,22-,23+,24-/m0/s1. The van der Waals surface area contributed by atoms with Crippen molar-refractivity contribution in [3.8, 4) is 0 Å². The fourth-order valence-electron chi connectivity index (χ4n) is 4.24. The van der Waals surface area contributed by atoms with E-state index in [0.717, 1.165) is 18.4 Å². The van der Waals surface area contributed by atoms with Gasteiger partial charge in [-0.25, -0.2) is 0 Å². The molecule has 0 unspecified atom stereocenters. The molecule has 0 aromatic rings. The molecule has 0 radical (unpaired) electrons. The summed E-state index contributed by atoms with van der Waals surface area (Å²) in [6, 6.07) is 0. The molecule has 1 aliphatic rings. The van der Waals surface area contributed by atoms with Crippen molar-refractivity contribution >= 4 is 5.97 Å². The molecule has 1 aliphatic heterocycles. The van der Waals surface area contributed by atoms with E-state index in [1.807, 2.05) is 13.8 Å². The van der Waals surface area contributed by atoms with Crippen LogP contribution in [-0.2, 0) is 9.53 Å². The largest absolute Gasteiger partial charge is 0.462 e. The number of carbonyl (C=O) groups is 1. The third-order valence-electron chi connectivity index (χ3n) is 6.18. The van der Waals surface area contributed by atoms with Crippen molar-refractivity contribution in [1.82, 2.24) is 0 Å². The van der Waals surface area contributed by atoms with Gasteiger partial charge in [-0.3, -0.25) is 4.79 Å². The minimum absolute atomic E-state index is 0.0410. The number of ether oxygens (including phenoxy) is 1. The second kappa shape index (κ2) is 13.3. The third-order valence-corrected chi connectivity index (χ3v) is 6.18. The Morgan fingerprint density at radius 3 is 2.60 bits per heavy atom. The Hall–Kier alpha value is -1.17. The van der Waals surface area contributed by atoms with E-state index in [1.54, 1.807) is 6.92 Å². The number of esters is 1. The Balaban J connectivity index is 2.82. The zero-order valence-electron chi connectivity index (χ0n) is 19.8. The molecule has 0 aliphatic carbocycles. The maximum absolute atomic E-state index is 12.3. The summed E-state index contributed by atoms with van der Waals surface area (Å²) in [6.07, 6.45) is 6.83. The number of hydrogen-bond donors (Lipinski definition) is 3. The van der Waals surface area contributed by atoms with E-state index in [9.17, 15) is 20.1 Å². The summed E-state index contributed by atoms with van der Waals surface area (Å²) in [7, 11) is 0. The quantitative estimate of drug-likeness (QED) is 0.412. The predicted molar refractivity (Wildman–Crippen MR) is 121 cm³/mol. The van der Waals surface area contributed by atoms with E-state index in [1.165, 1.54) is 5.57 Å². The Labute approximate surface area is 183 Å². The van der Waals surface area contributed by atoms with Crippen molar-refractivity contribution < 1.29 is 24.9 Å². The van der Waals surface area contributed by atoms with Crippen LogP contribution in [0.1, 0.15) is 86.5 Å². The first kappa shape index (κ1) is 26.9. The average molecular weight is 425 g/mol. The predicted octanol–water partition coefficient (Wildman–Crippen LogP) is 4.55. The molecule has 0 aromatic heterocycles. The molecule has 5 heteroatoms. The van der Waals surface area contributed by atoms with Crippen LogP contribution in [0, 0.1) is 17.8 Å². The maximum atomic E-state index is 12.3. The van der Waals surface area contributed by atoms with Crippen LogP contribution in [0.3, 0.4) is 0 Å². The fraction of sp³-hybridized carbons (Fsp3) is 0.800. The van der Waals surface area contributed by atoms with Gasteiger partial charge >= 0.3 is 5.97 Å². The maximum Gasteiger partial charge on any atom is 0.306 e. The summed E-state index contributed by atoms with van der Waals surface area (Å²) < 4.78 is 5.83. The Bertz CT molecular complexity index is 580. The van der Waals surface area contributed by atoms with E-state index in [2.05, 4.69) is 32.9 Å². The van der Waals surface area contributed by atoms with Crippen molar-refractivity contribution in [2.24, 2.45) is 17.8 Å². The summed E-state index contributed by atoms with van der Waals surface area (Å²) in [6.45, 7) is 11.9. The molecule has 0 bridgehead atoms. The van der Waals surface area contributed by atoms with Crippen molar-refractivity contribution in [2.75, 3.05) is 0 Å². The van der Waals surface area contributed by atoms with E-state index in [4.69, 9.17) is 4.74 Å². The van der Waals surface area contributed by atoms with Gasteiger partial charge in [0.05, 0.1) is 18.3 Å². The molecule has 1 rings (SSSR count). The van der Waals surface area contributed by atoms with E-state index in [-0.39, 0.29) is 35.9 Å². The van der Waals surface area contributed by atoms with Crippen LogP contribution in [0.4, 0.5) is 0 Å². The minimum Gasteiger partial charge on any atom is -0.462 e. The smallest absolute Gasteiger partial charge is 0.306 e. The highest BCUT2D eigenvalue weighted by Crippen LogP contribution is 2.26. The second-order valence-electron chi connectivity index (χ2n) is 9.66. The van der Waals surface area contributed by atoms with Gasteiger partial charge in [-0.15, -0.1) is 0 Å². The van der Waals surface area contributed by atoms with Gasteiger partial charge in [0, 0.05) is 18.8 Å². The van der Waals surface area contributed by atoms with Crippen LogP contribution in [0.2, 0.25) is 0 Å². The lowest BCUT2D eigenvalue weighted by atomic mass is 9.89. The van der Waals surface area contributed by atoms with E-state index in [0.29, 0.717) is 32.1 Å². The Kier molecular flexibility index (Phi) is 11.9. The van der Waals surface area contributed by atoms with Crippen molar-refractivity contribution in [2.45, 2.75) is 111 Å². The highest BCUT2D eigenvalue weighted by molar-refractivity contribution is 5.69. The number of carbonyl (C=O) groups excluding carboxylic acids is 1. The van der Waals surface area contributed by atoms with Crippen LogP contribution in [0.25, 0.3) is 0 Å². The zero-order chi connectivity index (χ0) is 22.8. The minimum atomic E-state index is -0.572. The van der Waals surface area contributed by atoms with Crippen LogP contribution in [0.15, 0.2) is 23.3 Å². The first-order chi connectivity index (χ1) is 14.0. The number of rotatable bonds is 7. The first-order valence-corrected chi connectivity index (χ1v) is 11.6. The topological polar surface area (TPSA) is 87.0 Å². The van der Waals surface area contributed by atoms with Gasteiger partial charge in [-0.1, -0.05) is 44.1 Å². The highest BCUT2D eigenvalue weighted by Gasteiger charge is 2.24. The monoisotopic (exact) mass is 424 g/mol. The average Bonchev–Trinajstić information content (AvgIpc) is 2.63. The number of allylic oxidation sites excluding steroid dienone is 2. The van der Waals surface area contributed by atoms with Crippen molar-refractivity contribution in [3.05, 3.63) is 23.3 Å². The van der Waals surface area contributed by atoms with Crippen LogP contribution < -0.4 is 0 Å². The molecular formula is C25H44O5. The molecule has 1 heterocycles. The molecule has 7 atom stereocenters. The van der Waals surface area contributed by atoms with Crippen LogP contribution >= 0.6 is 0 Å². The highest BCUT2D eigenvalue weighted by atomic mass is 16.5. The fourth-order valence-corrected chi connectivity index (χ4v) is 4.24. The SMILES string of the molecule is C/C1=C/C[C@@H]([C@H](C)C/C(C)=C/[C@@H](C)[C@H](O)C[C@@H](C)O)OC(=O)CCC[C@H](O)[C@@H](C)C1. The summed E-state index contributed by atoms with van der Waals surface area (Å²) in [5.41, 5.74) is 2.37. The number of aliphatic hydroxyl groups excluding tert-OH is 3. The first-order valence-electron chi connectivity index (χ1n) is 11.6. The third kappa shape index (κ3) is 10.2. The number of cyclic esters (lactones) is 1. The van der Waals surface area contributed by atoms with E-state index < -0.39 is 12.2 Å². The van der Waals surface area contributed by atoms with Gasteiger partial charge in [-0.2, -0.15) is 0 Å². The van der Waals surface area contributed by atoms with Gasteiger partial charge in [0.1, 0.15) is 6.10 Å². The molecule has 0 fully saturated rings. The lowest BCUT2D eigenvalue weighted by Crippen LogP contribution is -2.26. The Morgan fingerprint density at radius 2 is 1.97 bits per heavy atom. The number of hydrogen-bond acceptors (Lipinski definition) is 5. The lowest BCUT2D eigenvalue weighted by Gasteiger charge is -2.26. The van der Waals surface area contributed by atoms with E-state index >= 15 is 0 Å². The van der Waals surface area contributed by atoms with Crippen molar-refractivity contribution in [1.29, 1.82) is 0 Å². The van der Waals surface area contributed by atoms with Crippen LogP contribution in [0.5, 0.6) is 0 Å². The molecule has 0 saturated heterocycles.